The quantitative estimate of drug-likeness (QED) is 0.110. The first kappa shape index (κ1) is 37.5. The number of nitrogens with one attached hydrogen (secondary N) is 3. The molecule has 2 atom stereocenters. The van der Waals surface area contributed by atoms with Gasteiger partial charge in [-0.15, -0.1) is 0 Å². The number of carboxylic acid groups (broad SMARTS) is 1. The molecule has 0 saturated carbocycles. The summed E-state index contributed by atoms with van der Waals surface area (Å²) >= 11 is 0. The van der Waals surface area contributed by atoms with Gasteiger partial charge in [0.05, 0.1) is 31.2 Å². The van der Waals surface area contributed by atoms with Gasteiger partial charge in [0.1, 0.15) is 17.4 Å². The maximum absolute atomic E-state index is 13.7. The Labute approximate surface area is 265 Å². The zero-order chi connectivity index (χ0) is 33.6. The fourth-order valence-corrected chi connectivity index (χ4v) is 4.91. The number of ketones is 1. The molecule has 2 aromatic heterocycles. The largest absolute Gasteiger partial charge is 0.481 e. The fourth-order valence-electron chi connectivity index (χ4n) is 4.91. The molecule has 1 amide bonds. The van der Waals surface area contributed by atoms with Crippen molar-refractivity contribution >= 4 is 23.5 Å². The number of aliphatic carboxylic acids is 1. The molecule has 0 spiro atoms. The molecule has 0 aliphatic carbocycles. The van der Waals surface area contributed by atoms with Crippen LogP contribution in [0, 0.1) is 6.92 Å². The zero-order valence-electron chi connectivity index (χ0n) is 27.9. The Morgan fingerprint density at radius 3 is 2.40 bits per heavy atom. The summed E-state index contributed by atoms with van der Waals surface area (Å²) in [7, 11) is 1.95. The van der Waals surface area contributed by atoms with E-state index in [1.165, 1.54) is 11.0 Å². The lowest BCUT2D eigenvalue weighted by atomic mass is 9.81. The summed E-state index contributed by atoms with van der Waals surface area (Å²) in [6.07, 6.45) is 7.23. The minimum Gasteiger partial charge on any atom is -0.481 e. The van der Waals surface area contributed by atoms with Crippen molar-refractivity contribution in [3.8, 4) is 0 Å². The topological polar surface area (TPSA) is 185 Å². The lowest BCUT2D eigenvalue weighted by Crippen LogP contribution is -2.49. The summed E-state index contributed by atoms with van der Waals surface area (Å²) in [5, 5.41) is 25.8. The molecule has 14 nitrogen and oxygen atoms in total. The molecule has 0 aliphatic rings. The lowest BCUT2D eigenvalue weighted by Gasteiger charge is -2.29. The Kier molecular flexibility index (Phi) is 15.3. The Morgan fingerprint density at radius 2 is 1.82 bits per heavy atom. The SMILES string of the molecule is CCCCCCN(C)CNCC(=O)[C@H](CC(=O)O)NC(=O)C(CC)n1cc(C(C)(CC)CC)nc(NCc2nonc2C)c1=O. The Morgan fingerprint density at radius 1 is 1.11 bits per heavy atom. The average Bonchev–Trinajstić information content (AvgIpc) is 3.42. The first-order chi connectivity index (χ1) is 21.4. The number of rotatable bonds is 22. The van der Waals surface area contributed by atoms with Crippen molar-refractivity contribution in [2.75, 3.05) is 32.1 Å². The van der Waals surface area contributed by atoms with Crippen molar-refractivity contribution < 1.29 is 24.1 Å². The Bertz CT molecular complexity index is 1310. The molecule has 0 aliphatic heterocycles. The number of nitrogens with zero attached hydrogens (tertiary/aromatic N) is 5. The van der Waals surface area contributed by atoms with E-state index in [0.717, 1.165) is 38.6 Å². The fraction of sp³-hybridized carbons (Fsp3) is 0.710. The van der Waals surface area contributed by atoms with Crippen LogP contribution >= 0.6 is 0 Å². The van der Waals surface area contributed by atoms with Crippen LogP contribution in [0.1, 0.15) is 109 Å². The van der Waals surface area contributed by atoms with Gasteiger partial charge in [0.25, 0.3) is 5.56 Å². The number of amides is 1. The first-order valence-corrected chi connectivity index (χ1v) is 16.0. The number of unbranched alkanes of at least 4 members (excludes halogenated alkanes) is 3. The van der Waals surface area contributed by atoms with Crippen LogP contribution in [0.2, 0.25) is 0 Å². The van der Waals surface area contributed by atoms with Gasteiger partial charge >= 0.3 is 5.97 Å². The smallest absolute Gasteiger partial charge is 0.305 e. The van der Waals surface area contributed by atoms with Crippen LogP contribution in [-0.4, -0.2) is 80.4 Å². The summed E-state index contributed by atoms with van der Waals surface area (Å²) < 4.78 is 6.08. The number of carbonyl (C=O) groups is 3. The van der Waals surface area contributed by atoms with Crippen molar-refractivity contribution in [2.45, 2.75) is 117 Å². The molecule has 0 saturated heterocycles. The van der Waals surface area contributed by atoms with E-state index in [2.05, 4.69) is 43.1 Å². The zero-order valence-corrected chi connectivity index (χ0v) is 27.9. The molecule has 2 heterocycles. The number of aryl methyl sites for hydroxylation is 1. The van der Waals surface area contributed by atoms with Crippen LogP contribution in [0.3, 0.4) is 0 Å². The third kappa shape index (κ3) is 11.0. The molecule has 0 fully saturated rings. The van der Waals surface area contributed by atoms with Crippen molar-refractivity contribution in [1.29, 1.82) is 0 Å². The summed E-state index contributed by atoms with van der Waals surface area (Å²) in [6.45, 7) is 13.1. The molecular formula is C31H52N8O6. The molecule has 2 rings (SSSR count). The number of hydrogen-bond donors (Lipinski definition) is 4. The van der Waals surface area contributed by atoms with E-state index < -0.39 is 41.7 Å². The number of carbonyl (C=O) groups excluding carboxylic acids is 2. The minimum absolute atomic E-state index is 0.0375. The normalized spacial score (nSPS) is 13.1. The monoisotopic (exact) mass is 632 g/mol. The summed E-state index contributed by atoms with van der Waals surface area (Å²) in [5.41, 5.74) is 0.783. The van der Waals surface area contributed by atoms with Crippen LogP contribution in [0.5, 0.6) is 0 Å². The van der Waals surface area contributed by atoms with Gasteiger partial charge in [0.2, 0.25) is 5.91 Å². The van der Waals surface area contributed by atoms with Crippen LogP contribution in [-0.2, 0) is 26.3 Å². The molecule has 45 heavy (non-hydrogen) atoms. The van der Waals surface area contributed by atoms with Crippen LogP contribution in [0.4, 0.5) is 5.82 Å². The van der Waals surface area contributed by atoms with Gasteiger partial charge in [0, 0.05) is 18.3 Å². The molecular weight excluding hydrogens is 580 g/mol. The van der Waals surface area contributed by atoms with E-state index in [0.29, 0.717) is 23.8 Å². The second-order valence-corrected chi connectivity index (χ2v) is 11.9. The first-order valence-electron chi connectivity index (χ1n) is 16.0. The number of aromatic nitrogens is 4. The summed E-state index contributed by atoms with van der Waals surface area (Å²) in [4.78, 5) is 58.8. The average molecular weight is 633 g/mol. The predicted molar refractivity (Wildman–Crippen MR) is 171 cm³/mol. The number of carboxylic acids is 1. The van der Waals surface area contributed by atoms with Crippen LogP contribution in [0.25, 0.3) is 0 Å². The highest BCUT2D eigenvalue weighted by atomic mass is 16.6. The highest BCUT2D eigenvalue weighted by Gasteiger charge is 2.31. The maximum Gasteiger partial charge on any atom is 0.305 e. The molecule has 0 aromatic carbocycles. The van der Waals surface area contributed by atoms with Crippen molar-refractivity contribution in [3.63, 3.8) is 0 Å². The molecule has 14 heteroatoms. The minimum atomic E-state index is -1.26. The highest BCUT2D eigenvalue weighted by Crippen LogP contribution is 2.30. The van der Waals surface area contributed by atoms with Gasteiger partial charge in [-0.2, -0.15) is 0 Å². The highest BCUT2D eigenvalue weighted by molar-refractivity contribution is 5.93. The molecule has 4 N–H and O–H groups in total. The van der Waals surface area contributed by atoms with Gasteiger partial charge in [-0.3, -0.25) is 34.0 Å². The number of Topliss-reactive ketones (excluding diaryl/α,β-unsaturated/α-hetero) is 1. The maximum atomic E-state index is 13.7. The second kappa shape index (κ2) is 18.4. The molecule has 0 radical (unpaired) electrons. The third-order valence-electron chi connectivity index (χ3n) is 8.46. The van der Waals surface area contributed by atoms with Gasteiger partial charge < -0.3 is 15.7 Å². The van der Waals surface area contributed by atoms with E-state index in [1.807, 2.05) is 27.8 Å². The number of anilines is 1. The van der Waals surface area contributed by atoms with Crippen LogP contribution in [0.15, 0.2) is 15.6 Å². The predicted octanol–water partition coefficient (Wildman–Crippen LogP) is 3.16. The molecule has 252 valence electrons. The lowest BCUT2D eigenvalue weighted by molar-refractivity contribution is -0.140. The van der Waals surface area contributed by atoms with E-state index in [1.54, 1.807) is 20.0 Å². The molecule has 0 bridgehead atoms. The van der Waals surface area contributed by atoms with Gasteiger partial charge in [-0.05, 0) is 46.2 Å². The van der Waals surface area contributed by atoms with E-state index in [4.69, 9.17) is 4.63 Å². The standard InChI is InChI=1S/C31H52N8O6/c1-8-12-13-14-15-38(7)20-32-18-25(40)22(16-27(41)42)34-29(43)24(9-2)39-19-26(31(6,10-3)11-4)35-28(30(39)44)33-17-23-21(5)36-45-37-23/h19,22,24,32H,8-18,20H2,1-7H3,(H,33,35)(H,34,43)(H,41,42)/t22-,24?/m0/s1. The third-order valence-corrected chi connectivity index (χ3v) is 8.46. The van der Waals surface area contributed by atoms with Crippen molar-refractivity contribution in [3.05, 3.63) is 33.6 Å². The Hall–Kier alpha value is -3.65. The van der Waals surface area contributed by atoms with Crippen molar-refractivity contribution in [2.24, 2.45) is 0 Å². The van der Waals surface area contributed by atoms with Gasteiger partial charge in [-0.25, -0.2) is 9.61 Å². The van der Waals surface area contributed by atoms with E-state index in [-0.39, 0.29) is 30.7 Å². The number of hydrogen-bond acceptors (Lipinski definition) is 11. The Balaban J connectivity index is 2.29. The van der Waals surface area contributed by atoms with E-state index in [9.17, 15) is 24.3 Å². The van der Waals surface area contributed by atoms with Crippen molar-refractivity contribution in [1.82, 2.24) is 35.4 Å². The van der Waals surface area contributed by atoms with E-state index >= 15 is 0 Å². The van der Waals surface area contributed by atoms with Crippen LogP contribution < -0.4 is 21.5 Å². The second-order valence-electron chi connectivity index (χ2n) is 11.9. The molecule has 2 aromatic rings. The summed E-state index contributed by atoms with van der Waals surface area (Å²) in [6, 6.07) is -2.28. The molecule has 1 unspecified atom stereocenters. The van der Waals surface area contributed by atoms with Gasteiger partial charge in [-0.1, -0.05) is 64.2 Å². The summed E-state index contributed by atoms with van der Waals surface area (Å²) in [5.74, 6) is -2.26. The van der Waals surface area contributed by atoms with Gasteiger partial charge in [0.15, 0.2) is 11.6 Å².